The summed E-state index contributed by atoms with van der Waals surface area (Å²) < 4.78 is 38.0. The van der Waals surface area contributed by atoms with Gasteiger partial charge in [0.05, 0.1) is 7.05 Å². The number of imidazole rings is 1. The van der Waals surface area contributed by atoms with Gasteiger partial charge in [-0.05, 0) is 23.1 Å². The highest BCUT2D eigenvalue weighted by atomic mass is 32.2. The first-order valence-electron chi connectivity index (χ1n) is 6.23. The molecule has 21 heavy (non-hydrogen) atoms. The Morgan fingerprint density at radius 1 is 1.24 bits per heavy atom. The third-order valence-electron chi connectivity index (χ3n) is 3.14. The third-order valence-corrected chi connectivity index (χ3v) is 4.01. The Kier molecular flexibility index (Phi) is 4.62. The summed E-state index contributed by atoms with van der Waals surface area (Å²) in [5, 5.41) is 0. The van der Waals surface area contributed by atoms with Gasteiger partial charge < -0.3 is 10.0 Å². The standard InChI is InChI=1S/C14H18N2O3S.H2O/c1-14(2,3)11-5-6-12(13(9-11)20(17,18)19)16-8-7-15(4)10-16;/h5-10H,1-4H3;1H2. The van der Waals surface area contributed by atoms with Crippen LogP contribution in [0.3, 0.4) is 0 Å². The molecule has 1 aromatic carbocycles. The summed E-state index contributed by atoms with van der Waals surface area (Å²) in [5.41, 5.74) is 0.958. The molecule has 0 radical (unpaired) electrons. The second kappa shape index (κ2) is 5.59. The first-order valence-corrected chi connectivity index (χ1v) is 7.64. The van der Waals surface area contributed by atoms with Gasteiger partial charge in [-0.15, -0.1) is 0 Å². The van der Waals surface area contributed by atoms with E-state index in [9.17, 15) is 13.0 Å². The molecule has 0 atom stereocenters. The molecule has 0 aliphatic rings. The second-order valence-electron chi connectivity index (χ2n) is 5.87. The maximum Gasteiger partial charge on any atom is 0.248 e. The zero-order valence-corrected chi connectivity index (χ0v) is 13.3. The fraction of sp³-hybridized carbons (Fsp3) is 0.357. The number of benzene rings is 1. The van der Waals surface area contributed by atoms with Crippen molar-refractivity contribution in [3.05, 3.63) is 42.5 Å². The lowest BCUT2D eigenvalue weighted by Gasteiger charge is -2.21. The predicted molar refractivity (Wildman–Crippen MR) is 77.2 cm³/mol. The smallest absolute Gasteiger partial charge is 0.248 e. The van der Waals surface area contributed by atoms with Gasteiger partial charge in [0.15, 0.2) is 0 Å². The molecule has 0 saturated heterocycles. The van der Waals surface area contributed by atoms with Crippen LogP contribution in [-0.4, -0.2) is 23.0 Å². The molecule has 2 N–H and O–H groups in total. The van der Waals surface area contributed by atoms with Gasteiger partial charge in [0.25, 0.3) is 0 Å². The Balaban J connectivity index is 0.00000220. The molecular weight excluding hydrogens is 292 g/mol. The van der Waals surface area contributed by atoms with E-state index in [4.69, 9.17) is 0 Å². The number of hydrogen-bond acceptors (Lipinski definition) is 3. The van der Waals surface area contributed by atoms with Crippen molar-refractivity contribution >= 4 is 10.1 Å². The molecule has 0 aliphatic heterocycles. The van der Waals surface area contributed by atoms with Crippen LogP contribution >= 0.6 is 0 Å². The van der Waals surface area contributed by atoms with Gasteiger partial charge in [0.2, 0.25) is 6.33 Å². The van der Waals surface area contributed by atoms with Crippen molar-refractivity contribution in [3.8, 4) is 5.69 Å². The molecule has 2 aromatic rings. The summed E-state index contributed by atoms with van der Waals surface area (Å²) in [6.45, 7) is 5.91. The Morgan fingerprint density at radius 3 is 2.29 bits per heavy atom. The monoisotopic (exact) mass is 312 g/mol. The van der Waals surface area contributed by atoms with Gasteiger partial charge in [0, 0.05) is 0 Å². The average molecular weight is 312 g/mol. The summed E-state index contributed by atoms with van der Waals surface area (Å²) in [6, 6.07) is 4.99. The van der Waals surface area contributed by atoms with E-state index < -0.39 is 10.1 Å². The molecule has 0 unspecified atom stereocenters. The summed E-state index contributed by atoms with van der Waals surface area (Å²) in [4.78, 5) is -0.193. The third kappa shape index (κ3) is 3.69. The van der Waals surface area contributed by atoms with E-state index >= 15 is 0 Å². The molecule has 0 spiro atoms. The quantitative estimate of drug-likeness (QED) is 0.602. The van der Waals surface area contributed by atoms with Crippen molar-refractivity contribution in [3.63, 3.8) is 0 Å². The summed E-state index contributed by atoms with van der Waals surface area (Å²) >= 11 is 0. The van der Waals surface area contributed by atoms with Gasteiger partial charge in [-0.3, -0.25) is 0 Å². The maximum atomic E-state index is 11.5. The van der Waals surface area contributed by atoms with Crippen molar-refractivity contribution in [1.82, 2.24) is 4.57 Å². The van der Waals surface area contributed by atoms with Crippen molar-refractivity contribution in [2.75, 3.05) is 0 Å². The van der Waals surface area contributed by atoms with Gasteiger partial charge in [-0.25, -0.2) is 17.6 Å². The molecule has 2 rings (SSSR count). The zero-order valence-electron chi connectivity index (χ0n) is 12.5. The zero-order chi connectivity index (χ0) is 15.1. The minimum Gasteiger partial charge on any atom is -0.744 e. The molecule has 0 aliphatic carbocycles. The Labute approximate surface area is 124 Å². The summed E-state index contributed by atoms with van der Waals surface area (Å²) in [6.07, 6.45) is 5.19. The lowest BCUT2D eigenvalue weighted by molar-refractivity contribution is -0.670. The Morgan fingerprint density at radius 2 is 1.86 bits per heavy atom. The first-order chi connectivity index (χ1) is 9.09. The van der Waals surface area contributed by atoms with Gasteiger partial charge in [0.1, 0.15) is 33.1 Å². The molecule has 116 valence electrons. The fourth-order valence-corrected chi connectivity index (χ4v) is 2.69. The molecule has 6 nitrogen and oxygen atoms in total. The van der Waals surface area contributed by atoms with E-state index in [-0.39, 0.29) is 15.8 Å². The van der Waals surface area contributed by atoms with Crippen molar-refractivity contribution < 1.29 is 23.0 Å². The van der Waals surface area contributed by atoms with Crippen LogP contribution in [0.25, 0.3) is 5.69 Å². The highest BCUT2D eigenvalue weighted by Crippen LogP contribution is 2.28. The highest BCUT2D eigenvalue weighted by Gasteiger charge is 2.21. The van der Waals surface area contributed by atoms with Crippen molar-refractivity contribution in [2.24, 2.45) is 7.05 Å². The van der Waals surface area contributed by atoms with Crippen LogP contribution in [0.4, 0.5) is 0 Å². The minimum absolute atomic E-state index is 0. The number of aryl methyl sites for hydroxylation is 1. The number of nitrogens with zero attached hydrogens (tertiary/aromatic N) is 2. The van der Waals surface area contributed by atoms with Crippen LogP contribution in [0.5, 0.6) is 0 Å². The van der Waals surface area contributed by atoms with Crippen molar-refractivity contribution in [1.29, 1.82) is 0 Å². The SMILES string of the molecule is C[n+]1ccn(-c2ccc(C(C)(C)C)cc2S(=O)(=O)[O-])c1.O. The molecule has 1 aromatic heterocycles. The molecule has 1 heterocycles. The van der Waals surface area contributed by atoms with E-state index in [0.717, 1.165) is 5.56 Å². The van der Waals surface area contributed by atoms with E-state index in [1.165, 1.54) is 6.07 Å². The number of rotatable bonds is 2. The maximum absolute atomic E-state index is 11.5. The van der Waals surface area contributed by atoms with Crippen LogP contribution in [-0.2, 0) is 22.6 Å². The lowest BCUT2D eigenvalue weighted by Crippen LogP contribution is -2.23. The molecule has 0 amide bonds. The van der Waals surface area contributed by atoms with E-state index in [1.54, 1.807) is 33.9 Å². The van der Waals surface area contributed by atoms with E-state index in [1.807, 2.05) is 33.9 Å². The average Bonchev–Trinajstić information content (AvgIpc) is 2.72. The second-order valence-corrected chi connectivity index (χ2v) is 7.22. The minimum atomic E-state index is -4.54. The van der Waals surface area contributed by atoms with Gasteiger partial charge in [-0.1, -0.05) is 26.8 Å². The lowest BCUT2D eigenvalue weighted by atomic mass is 9.87. The number of hydrogen-bond donors (Lipinski definition) is 0. The Bertz CT molecular complexity index is 743. The molecule has 0 bridgehead atoms. The van der Waals surface area contributed by atoms with Crippen LogP contribution in [0, 0.1) is 0 Å². The Hall–Kier alpha value is -1.70. The summed E-state index contributed by atoms with van der Waals surface area (Å²) in [7, 11) is -2.71. The fourth-order valence-electron chi connectivity index (χ4n) is 1.99. The molecule has 0 fully saturated rings. The largest absolute Gasteiger partial charge is 0.744 e. The molecule has 7 heteroatoms. The van der Waals surface area contributed by atoms with Gasteiger partial charge in [-0.2, -0.15) is 0 Å². The topological polar surface area (TPSA) is 97.5 Å². The van der Waals surface area contributed by atoms with Crippen LogP contribution in [0.1, 0.15) is 26.3 Å². The van der Waals surface area contributed by atoms with E-state index in [2.05, 4.69) is 0 Å². The van der Waals surface area contributed by atoms with Crippen molar-refractivity contribution in [2.45, 2.75) is 31.1 Å². The molecule has 0 saturated carbocycles. The summed E-state index contributed by atoms with van der Waals surface area (Å²) in [5.74, 6) is 0. The van der Waals surface area contributed by atoms with Crippen LogP contribution in [0.15, 0.2) is 41.8 Å². The van der Waals surface area contributed by atoms with Crippen LogP contribution in [0.2, 0.25) is 0 Å². The first kappa shape index (κ1) is 17.4. The molecular formula is C14H20N2O4S. The number of aromatic nitrogens is 2. The highest BCUT2D eigenvalue weighted by molar-refractivity contribution is 7.85. The van der Waals surface area contributed by atoms with Gasteiger partial charge >= 0.3 is 0 Å². The van der Waals surface area contributed by atoms with E-state index in [0.29, 0.717) is 5.69 Å². The van der Waals surface area contributed by atoms with Crippen LogP contribution < -0.4 is 4.57 Å². The normalized spacial score (nSPS) is 12.0. The predicted octanol–water partition coefficient (Wildman–Crippen LogP) is 0.679.